The van der Waals surface area contributed by atoms with E-state index in [0.717, 1.165) is 10.6 Å². The summed E-state index contributed by atoms with van der Waals surface area (Å²) in [6.07, 6.45) is -0.0996. The molecule has 0 aliphatic rings. The van der Waals surface area contributed by atoms with Gasteiger partial charge in [-0.15, -0.1) is 11.8 Å². The van der Waals surface area contributed by atoms with E-state index in [9.17, 15) is 4.79 Å². The van der Waals surface area contributed by atoms with Crippen LogP contribution in [0.4, 0.5) is 0 Å². The average Bonchev–Trinajstić information content (AvgIpc) is 2.59. The van der Waals surface area contributed by atoms with Gasteiger partial charge < -0.3 is 14.6 Å². The number of carboxylic acid groups (broad SMARTS) is 1. The van der Waals surface area contributed by atoms with E-state index >= 15 is 0 Å². The van der Waals surface area contributed by atoms with Gasteiger partial charge in [0.15, 0.2) is 0 Å². The van der Waals surface area contributed by atoms with E-state index in [2.05, 4.69) is 0 Å². The van der Waals surface area contributed by atoms with Gasteiger partial charge >= 0.3 is 5.97 Å². The summed E-state index contributed by atoms with van der Waals surface area (Å²) >= 11 is 7.85. The first kappa shape index (κ1) is 20.6. The van der Waals surface area contributed by atoms with Crippen LogP contribution in [0.3, 0.4) is 0 Å². The van der Waals surface area contributed by atoms with E-state index in [1.165, 1.54) is 5.56 Å². The molecule has 0 aliphatic carbocycles. The zero-order chi connectivity index (χ0) is 18.9. The minimum atomic E-state index is -0.869. The van der Waals surface area contributed by atoms with Crippen LogP contribution in [0.25, 0.3) is 0 Å². The molecule has 2 aromatic rings. The first-order valence-corrected chi connectivity index (χ1v) is 9.78. The van der Waals surface area contributed by atoms with Crippen molar-refractivity contribution in [2.24, 2.45) is 0 Å². The fourth-order valence-electron chi connectivity index (χ4n) is 2.33. The summed E-state index contributed by atoms with van der Waals surface area (Å²) in [5.41, 5.74) is 1.88. The van der Waals surface area contributed by atoms with Crippen molar-refractivity contribution in [3.8, 4) is 5.75 Å². The molecule has 0 radical (unpaired) electrons. The molecule has 1 N–H and O–H groups in total. The van der Waals surface area contributed by atoms with Crippen molar-refractivity contribution in [1.29, 1.82) is 0 Å². The third-order valence-electron chi connectivity index (χ3n) is 3.64. The molecule has 1 unspecified atom stereocenters. The Bertz CT molecular complexity index is 718. The van der Waals surface area contributed by atoms with Crippen LogP contribution in [0.1, 0.15) is 18.1 Å². The predicted octanol–water partition coefficient (Wildman–Crippen LogP) is 4.85. The number of aryl methyl sites for hydroxylation is 1. The number of hydrogen-bond donors (Lipinski definition) is 1. The molecule has 0 spiro atoms. The number of aliphatic carboxylic acids is 1. The van der Waals surface area contributed by atoms with Crippen molar-refractivity contribution in [2.45, 2.75) is 31.3 Å². The van der Waals surface area contributed by atoms with Gasteiger partial charge in [0.2, 0.25) is 0 Å². The molecule has 0 aliphatic heterocycles. The molecule has 2 aromatic carbocycles. The molecule has 0 saturated carbocycles. The molecule has 6 heteroatoms. The zero-order valence-electron chi connectivity index (χ0n) is 14.9. The standard InChI is InChI=1S/C20H23ClO4S/c1-3-24-17(12-25-16-7-4-14(2)5-8-16)13-26-19-9-6-15(10-18(19)21)11-20(22)23/h4-10,17H,3,11-13H2,1-2H3,(H,22,23). The zero-order valence-corrected chi connectivity index (χ0v) is 16.5. The van der Waals surface area contributed by atoms with Crippen molar-refractivity contribution in [3.05, 3.63) is 58.6 Å². The van der Waals surface area contributed by atoms with E-state index in [1.54, 1.807) is 23.9 Å². The first-order valence-electron chi connectivity index (χ1n) is 8.42. The summed E-state index contributed by atoms with van der Waals surface area (Å²) in [7, 11) is 0. The van der Waals surface area contributed by atoms with E-state index in [4.69, 9.17) is 26.2 Å². The summed E-state index contributed by atoms with van der Waals surface area (Å²) in [4.78, 5) is 11.7. The second kappa shape index (κ2) is 10.5. The van der Waals surface area contributed by atoms with Gasteiger partial charge in [-0.1, -0.05) is 35.4 Å². The highest BCUT2D eigenvalue weighted by Gasteiger charge is 2.13. The monoisotopic (exact) mass is 394 g/mol. The van der Waals surface area contributed by atoms with E-state index < -0.39 is 5.97 Å². The molecule has 0 amide bonds. The molecular weight excluding hydrogens is 372 g/mol. The summed E-state index contributed by atoms with van der Waals surface area (Å²) in [5.74, 6) is 0.644. The normalized spacial score (nSPS) is 12.0. The number of benzene rings is 2. The van der Waals surface area contributed by atoms with Crippen molar-refractivity contribution in [1.82, 2.24) is 0 Å². The Morgan fingerprint density at radius 2 is 1.96 bits per heavy atom. The molecule has 0 bridgehead atoms. The van der Waals surface area contributed by atoms with Crippen molar-refractivity contribution in [2.75, 3.05) is 19.0 Å². The van der Waals surface area contributed by atoms with Crippen LogP contribution in [-0.2, 0) is 16.0 Å². The Hall–Kier alpha value is -1.69. The maximum atomic E-state index is 10.8. The molecule has 26 heavy (non-hydrogen) atoms. The molecular formula is C20H23ClO4S. The number of carbonyl (C=O) groups is 1. The number of halogens is 1. The number of thioether (sulfide) groups is 1. The van der Waals surface area contributed by atoms with Gasteiger partial charge in [-0.05, 0) is 43.7 Å². The van der Waals surface area contributed by atoms with Crippen LogP contribution in [0.5, 0.6) is 5.75 Å². The quantitative estimate of drug-likeness (QED) is 0.583. The van der Waals surface area contributed by atoms with Crippen LogP contribution in [0, 0.1) is 6.92 Å². The van der Waals surface area contributed by atoms with Crippen molar-refractivity contribution in [3.63, 3.8) is 0 Å². The van der Waals surface area contributed by atoms with Crippen molar-refractivity contribution < 1.29 is 19.4 Å². The third kappa shape index (κ3) is 6.90. The van der Waals surface area contributed by atoms with Crippen LogP contribution in [-0.4, -0.2) is 36.1 Å². The molecule has 0 aromatic heterocycles. The molecule has 0 fully saturated rings. The Kier molecular flexibility index (Phi) is 8.29. The van der Waals surface area contributed by atoms with Gasteiger partial charge in [-0.25, -0.2) is 0 Å². The Morgan fingerprint density at radius 1 is 1.23 bits per heavy atom. The molecule has 0 saturated heterocycles. The smallest absolute Gasteiger partial charge is 0.307 e. The van der Waals surface area contributed by atoms with Crippen LogP contribution < -0.4 is 4.74 Å². The maximum absolute atomic E-state index is 10.8. The minimum absolute atomic E-state index is 0.0311. The Morgan fingerprint density at radius 3 is 2.58 bits per heavy atom. The Balaban J connectivity index is 1.90. The number of hydrogen-bond acceptors (Lipinski definition) is 4. The second-order valence-corrected chi connectivity index (χ2v) is 7.32. The van der Waals surface area contributed by atoms with Gasteiger partial charge in [0.1, 0.15) is 18.5 Å². The number of carboxylic acids is 1. The maximum Gasteiger partial charge on any atom is 0.307 e. The lowest BCUT2D eigenvalue weighted by Crippen LogP contribution is -2.24. The predicted molar refractivity (Wildman–Crippen MR) is 106 cm³/mol. The summed E-state index contributed by atoms with van der Waals surface area (Å²) in [6.45, 7) is 5.05. The first-order chi connectivity index (χ1) is 12.5. The number of ether oxygens (including phenoxy) is 2. The third-order valence-corrected chi connectivity index (χ3v) is 5.27. The lowest BCUT2D eigenvalue weighted by Gasteiger charge is -2.18. The minimum Gasteiger partial charge on any atom is -0.491 e. The van der Waals surface area contributed by atoms with E-state index in [-0.39, 0.29) is 12.5 Å². The second-order valence-electron chi connectivity index (χ2n) is 5.85. The molecule has 0 heterocycles. The highest BCUT2D eigenvalue weighted by Crippen LogP contribution is 2.29. The average molecular weight is 395 g/mol. The van der Waals surface area contributed by atoms with Gasteiger partial charge in [-0.2, -0.15) is 0 Å². The van der Waals surface area contributed by atoms with Gasteiger partial charge in [0.05, 0.1) is 11.4 Å². The SMILES string of the molecule is CCOC(COc1ccc(C)cc1)CSc1ccc(CC(=O)O)cc1Cl. The highest BCUT2D eigenvalue weighted by atomic mass is 35.5. The van der Waals surface area contributed by atoms with Crippen LogP contribution in [0.15, 0.2) is 47.4 Å². The topological polar surface area (TPSA) is 55.8 Å². The van der Waals surface area contributed by atoms with Gasteiger partial charge in [0, 0.05) is 17.3 Å². The summed E-state index contributed by atoms with van der Waals surface area (Å²) in [5, 5.41) is 9.41. The fraction of sp³-hybridized carbons (Fsp3) is 0.350. The molecule has 140 valence electrons. The molecule has 2 rings (SSSR count). The Labute approximate surface area is 163 Å². The summed E-state index contributed by atoms with van der Waals surface area (Å²) < 4.78 is 11.6. The molecule has 4 nitrogen and oxygen atoms in total. The molecule has 1 atom stereocenters. The summed E-state index contributed by atoms with van der Waals surface area (Å²) in [6, 6.07) is 13.3. The highest BCUT2D eigenvalue weighted by molar-refractivity contribution is 7.99. The lowest BCUT2D eigenvalue weighted by atomic mass is 10.1. The van der Waals surface area contributed by atoms with Crippen molar-refractivity contribution >= 4 is 29.3 Å². The van der Waals surface area contributed by atoms with E-state index in [1.807, 2.05) is 44.2 Å². The van der Waals surface area contributed by atoms with Gasteiger partial charge in [0.25, 0.3) is 0 Å². The van der Waals surface area contributed by atoms with E-state index in [0.29, 0.717) is 29.6 Å². The van der Waals surface area contributed by atoms with Gasteiger partial charge in [-0.3, -0.25) is 4.79 Å². The fourth-order valence-corrected chi connectivity index (χ4v) is 3.62. The number of rotatable bonds is 10. The van der Waals surface area contributed by atoms with Crippen LogP contribution in [0.2, 0.25) is 5.02 Å². The largest absolute Gasteiger partial charge is 0.491 e. The van der Waals surface area contributed by atoms with Crippen LogP contribution >= 0.6 is 23.4 Å². The lowest BCUT2D eigenvalue weighted by molar-refractivity contribution is -0.136.